The molecule has 0 fully saturated rings. The second-order valence-corrected chi connectivity index (χ2v) is 6.40. The van der Waals surface area contributed by atoms with Crippen molar-refractivity contribution in [2.24, 2.45) is 0 Å². The van der Waals surface area contributed by atoms with Crippen LogP contribution < -0.4 is 10.6 Å². The molecule has 7 heteroatoms. The van der Waals surface area contributed by atoms with Crippen molar-refractivity contribution in [1.29, 1.82) is 0 Å². The number of rotatable bonds is 7. The zero-order valence-corrected chi connectivity index (χ0v) is 16.3. The SMILES string of the molecule is CCOC(=O)c1ccc(Nc2ccc(C(=O)NCc3cccc(C)c3)nn2)cc1. The third-order valence-electron chi connectivity index (χ3n) is 4.10. The summed E-state index contributed by atoms with van der Waals surface area (Å²) in [6.45, 7) is 4.53. The first-order valence-corrected chi connectivity index (χ1v) is 9.27. The van der Waals surface area contributed by atoms with Gasteiger partial charge in [0.1, 0.15) is 0 Å². The van der Waals surface area contributed by atoms with E-state index in [1.807, 2.05) is 31.2 Å². The summed E-state index contributed by atoms with van der Waals surface area (Å²) in [6.07, 6.45) is 0. The molecule has 2 N–H and O–H groups in total. The highest BCUT2D eigenvalue weighted by molar-refractivity contribution is 5.92. The lowest BCUT2D eigenvalue weighted by Crippen LogP contribution is -2.24. The third kappa shape index (κ3) is 5.62. The van der Waals surface area contributed by atoms with Crippen LogP contribution in [0.25, 0.3) is 0 Å². The molecule has 29 heavy (non-hydrogen) atoms. The van der Waals surface area contributed by atoms with Crippen LogP contribution >= 0.6 is 0 Å². The number of nitrogens with one attached hydrogen (secondary N) is 2. The standard InChI is InChI=1S/C22H22N4O3/c1-3-29-22(28)17-7-9-18(10-8-17)24-20-12-11-19(25-26-20)21(27)23-14-16-6-4-5-15(2)13-16/h4-13H,3,14H2,1-2H3,(H,23,27)(H,24,26). The number of ether oxygens (including phenoxy) is 1. The monoisotopic (exact) mass is 390 g/mol. The van der Waals surface area contributed by atoms with Gasteiger partial charge in [-0.05, 0) is 55.8 Å². The normalized spacial score (nSPS) is 10.3. The molecular weight excluding hydrogens is 368 g/mol. The van der Waals surface area contributed by atoms with E-state index in [-0.39, 0.29) is 17.6 Å². The molecule has 0 unspecified atom stereocenters. The molecule has 3 aromatic rings. The summed E-state index contributed by atoms with van der Waals surface area (Å²) in [5.41, 5.74) is 3.62. The van der Waals surface area contributed by atoms with Crippen LogP contribution in [0, 0.1) is 6.92 Å². The molecule has 0 saturated heterocycles. The van der Waals surface area contributed by atoms with Crippen LogP contribution in [0.4, 0.5) is 11.5 Å². The van der Waals surface area contributed by atoms with Crippen molar-refractivity contribution < 1.29 is 14.3 Å². The number of carbonyl (C=O) groups excluding carboxylic acids is 2. The summed E-state index contributed by atoms with van der Waals surface area (Å²) < 4.78 is 4.96. The number of hydrogen-bond donors (Lipinski definition) is 2. The quantitative estimate of drug-likeness (QED) is 0.599. The first-order chi connectivity index (χ1) is 14.0. The predicted molar refractivity (Wildman–Crippen MR) is 110 cm³/mol. The van der Waals surface area contributed by atoms with Crippen molar-refractivity contribution in [1.82, 2.24) is 15.5 Å². The largest absolute Gasteiger partial charge is 0.462 e. The van der Waals surface area contributed by atoms with Gasteiger partial charge < -0.3 is 15.4 Å². The Balaban J connectivity index is 1.56. The molecule has 1 heterocycles. The molecular formula is C22H22N4O3. The van der Waals surface area contributed by atoms with Crippen molar-refractivity contribution in [3.05, 3.63) is 83.0 Å². The van der Waals surface area contributed by atoms with Gasteiger partial charge in [-0.2, -0.15) is 0 Å². The van der Waals surface area contributed by atoms with Gasteiger partial charge in [0.15, 0.2) is 11.5 Å². The first kappa shape index (κ1) is 20.0. The molecule has 1 aromatic heterocycles. The van der Waals surface area contributed by atoms with Gasteiger partial charge in [-0.1, -0.05) is 29.8 Å². The van der Waals surface area contributed by atoms with E-state index < -0.39 is 0 Å². The van der Waals surface area contributed by atoms with Crippen LogP contribution in [0.2, 0.25) is 0 Å². The smallest absolute Gasteiger partial charge is 0.338 e. The Hall–Kier alpha value is -3.74. The van der Waals surface area contributed by atoms with Gasteiger partial charge in [0.05, 0.1) is 12.2 Å². The van der Waals surface area contributed by atoms with Gasteiger partial charge in [-0.3, -0.25) is 4.79 Å². The molecule has 1 amide bonds. The molecule has 0 bridgehead atoms. The van der Waals surface area contributed by atoms with Gasteiger partial charge in [-0.15, -0.1) is 10.2 Å². The molecule has 2 aromatic carbocycles. The van der Waals surface area contributed by atoms with Crippen molar-refractivity contribution >= 4 is 23.4 Å². The number of hydrogen-bond acceptors (Lipinski definition) is 6. The van der Waals surface area contributed by atoms with E-state index in [1.54, 1.807) is 43.3 Å². The Morgan fingerprint density at radius 1 is 1.00 bits per heavy atom. The average Bonchev–Trinajstić information content (AvgIpc) is 2.73. The van der Waals surface area contributed by atoms with E-state index in [4.69, 9.17) is 4.74 Å². The van der Waals surface area contributed by atoms with E-state index >= 15 is 0 Å². The molecule has 0 aliphatic rings. The summed E-state index contributed by atoms with van der Waals surface area (Å²) in [5.74, 6) is -0.159. The lowest BCUT2D eigenvalue weighted by molar-refractivity contribution is 0.0526. The number of nitrogens with zero attached hydrogens (tertiary/aromatic N) is 2. The molecule has 0 spiro atoms. The van der Waals surface area contributed by atoms with Gasteiger partial charge in [0, 0.05) is 12.2 Å². The zero-order valence-electron chi connectivity index (χ0n) is 16.3. The molecule has 7 nitrogen and oxygen atoms in total. The van der Waals surface area contributed by atoms with Crippen LogP contribution in [-0.4, -0.2) is 28.7 Å². The van der Waals surface area contributed by atoms with Gasteiger partial charge in [0.25, 0.3) is 5.91 Å². The Morgan fingerprint density at radius 2 is 1.79 bits per heavy atom. The van der Waals surface area contributed by atoms with Gasteiger partial charge in [0.2, 0.25) is 0 Å². The fraction of sp³-hybridized carbons (Fsp3) is 0.182. The van der Waals surface area contributed by atoms with Gasteiger partial charge >= 0.3 is 5.97 Å². The Bertz CT molecular complexity index is 986. The maximum absolute atomic E-state index is 12.2. The van der Waals surface area contributed by atoms with Crippen molar-refractivity contribution in [3.63, 3.8) is 0 Å². The van der Waals surface area contributed by atoms with Crippen molar-refractivity contribution in [2.75, 3.05) is 11.9 Å². The molecule has 3 rings (SSSR count). The van der Waals surface area contributed by atoms with Crippen molar-refractivity contribution in [3.8, 4) is 0 Å². The van der Waals surface area contributed by atoms with Crippen LogP contribution in [0.3, 0.4) is 0 Å². The van der Waals surface area contributed by atoms with Crippen LogP contribution in [0.5, 0.6) is 0 Å². The number of carbonyl (C=O) groups is 2. The summed E-state index contributed by atoms with van der Waals surface area (Å²) in [5, 5.41) is 13.9. The average molecular weight is 390 g/mol. The summed E-state index contributed by atoms with van der Waals surface area (Å²) in [4.78, 5) is 23.9. The first-order valence-electron chi connectivity index (χ1n) is 9.27. The minimum Gasteiger partial charge on any atom is -0.462 e. The highest BCUT2D eigenvalue weighted by atomic mass is 16.5. The van der Waals surface area contributed by atoms with E-state index in [9.17, 15) is 9.59 Å². The lowest BCUT2D eigenvalue weighted by atomic mass is 10.1. The Morgan fingerprint density at radius 3 is 2.45 bits per heavy atom. The Kier molecular flexibility index (Phi) is 6.52. The minimum atomic E-state index is -0.361. The maximum Gasteiger partial charge on any atom is 0.338 e. The maximum atomic E-state index is 12.2. The van der Waals surface area contributed by atoms with E-state index in [2.05, 4.69) is 20.8 Å². The lowest BCUT2D eigenvalue weighted by Gasteiger charge is -2.08. The topological polar surface area (TPSA) is 93.2 Å². The van der Waals surface area contributed by atoms with Crippen LogP contribution in [-0.2, 0) is 11.3 Å². The summed E-state index contributed by atoms with van der Waals surface area (Å²) >= 11 is 0. The number of amides is 1. The third-order valence-corrected chi connectivity index (χ3v) is 4.10. The molecule has 0 aliphatic heterocycles. The molecule has 0 saturated carbocycles. The fourth-order valence-corrected chi connectivity index (χ4v) is 2.67. The zero-order chi connectivity index (χ0) is 20.6. The number of anilines is 2. The molecule has 0 radical (unpaired) electrons. The number of benzene rings is 2. The highest BCUT2D eigenvalue weighted by Crippen LogP contribution is 2.15. The van der Waals surface area contributed by atoms with Crippen LogP contribution in [0.15, 0.2) is 60.7 Å². The second kappa shape index (κ2) is 9.45. The number of esters is 1. The molecule has 148 valence electrons. The van der Waals surface area contributed by atoms with Crippen LogP contribution in [0.1, 0.15) is 38.9 Å². The molecule has 0 atom stereocenters. The summed E-state index contributed by atoms with van der Waals surface area (Å²) in [6, 6.07) is 18.0. The van der Waals surface area contributed by atoms with E-state index in [0.29, 0.717) is 24.5 Å². The Labute approximate surface area is 169 Å². The number of aromatic nitrogens is 2. The van der Waals surface area contributed by atoms with E-state index in [1.165, 1.54) is 0 Å². The second-order valence-electron chi connectivity index (χ2n) is 6.40. The minimum absolute atomic E-state index is 0.237. The van der Waals surface area contributed by atoms with Gasteiger partial charge in [-0.25, -0.2) is 4.79 Å². The van der Waals surface area contributed by atoms with E-state index in [0.717, 1.165) is 16.8 Å². The highest BCUT2D eigenvalue weighted by Gasteiger charge is 2.09. The molecule has 0 aliphatic carbocycles. The summed E-state index contributed by atoms with van der Waals surface area (Å²) in [7, 11) is 0. The van der Waals surface area contributed by atoms with Crippen molar-refractivity contribution in [2.45, 2.75) is 20.4 Å². The predicted octanol–water partition coefficient (Wildman–Crippen LogP) is 3.64. The number of aryl methyl sites for hydroxylation is 1. The fourth-order valence-electron chi connectivity index (χ4n) is 2.67.